The molecule has 0 aliphatic carbocycles. The Morgan fingerprint density at radius 2 is 2.15 bits per heavy atom. The average molecular weight is 264 g/mol. The molecule has 0 N–H and O–H groups in total. The van der Waals surface area contributed by atoms with Crippen molar-refractivity contribution in [3.63, 3.8) is 0 Å². The first-order valence-electron chi connectivity index (χ1n) is 6.43. The number of nitrogens with zero attached hydrogens (tertiary/aromatic N) is 2. The van der Waals surface area contributed by atoms with Crippen LogP contribution in [-0.2, 0) is 0 Å². The number of carbonyl (C=O) groups excluding carboxylic acids is 2. The number of hydrogen-bond acceptors (Lipinski definition) is 2. The Hall–Kier alpha value is -2.67. The van der Waals surface area contributed by atoms with Crippen LogP contribution in [0.3, 0.4) is 0 Å². The smallest absolute Gasteiger partial charge is 0.259 e. The Bertz CT molecular complexity index is 759. The predicted molar refractivity (Wildman–Crippen MR) is 77.1 cm³/mol. The van der Waals surface area contributed by atoms with Gasteiger partial charge >= 0.3 is 0 Å². The number of benzene rings is 2. The lowest BCUT2D eigenvalue weighted by atomic mass is 10.0. The molecule has 1 heterocycles. The zero-order valence-corrected chi connectivity index (χ0v) is 10.8. The normalized spacial score (nSPS) is 12.8. The van der Waals surface area contributed by atoms with Crippen molar-refractivity contribution in [1.82, 2.24) is 0 Å². The Balaban J connectivity index is 2.13. The molecule has 2 aromatic rings. The molecule has 1 aliphatic rings. The van der Waals surface area contributed by atoms with E-state index in [1.54, 1.807) is 17.0 Å². The van der Waals surface area contributed by atoms with Gasteiger partial charge in [-0.25, -0.2) is 6.57 Å². The van der Waals surface area contributed by atoms with Crippen molar-refractivity contribution < 1.29 is 9.59 Å². The van der Waals surface area contributed by atoms with Gasteiger partial charge in [0.25, 0.3) is 5.91 Å². The monoisotopic (exact) mass is 264 g/mol. The highest BCUT2D eigenvalue weighted by Crippen LogP contribution is 2.38. The topological polar surface area (TPSA) is 41.7 Å². The molecule has 0 radical (unpaired) electrons. The van der Waals surface area contributed by atoms with Gasteiger partial charge < -0.3 is 9.74 Å². The molecular formula is C16H12N2O2. The van der Waals surface area contributed by atoms with E-state index in [2.05, 4.69) is 4.85 Å². The van der Waals surface area contributed by atoms with Crippen LogP contribution in [0.2, 0.25) is 0 Å². The van der Waals surface area contributed by atoms with Crippen LogP contribution in [0, 0.1) is 6.57 Å². The third-order valence-electron chi connectivity index (χ3n) is 3.53. The van der Waals surface area contributed by atoms with Gasteiger partial charge in [-0.3, -0.25) is 9.59 Å². The summed E-state index contributed by atoms with van der Waals surface area (Å²) in [4.78, 5) is 28.5. The minimum absolute atomic E-state index is 0.0429. The molecule has 0 saturated heterocycles. The van der Waals surface area contributed by atoms with E-state index < -0.39 is 0 Å². The van der Waals surface area contributed by atoms with Gasteiger partial charge in [0.2, 0.25) is 6.54 Å². The van der Waals surface area contributed by atoms with Gasteiger partial charge in [-0.1, -0.05) is 12.1 Å². The van der Waals surface area contributed by atoms with Crippen molar-refractivity contribution in [2.45, 2.75) is 6.42 Å². The quantitative estimate of drug-likeness (QED) is 0.484. The fourth-order valence-corrected chi connectivity index (χ4v) is 2.67. The molecule has 0 unspecified atom stereocenters. The van der Waals surface area contributed by atoms with Gasteiger partial charge in [0.05, 0.1) is 5.69 Å². The molecule has 0 atom stereocenters. The summed E-state index contributed by atoms with van der Waals surface area (Å²) < 4.78 is 0. The molecule has 0 fully saturated rings. The van der Waals surface area contributed by atoms with Crippen molar-refractivity contribution in [1.29, 1.82) is 0 Å². The average Bonchev–Trinajstić information content (AvgIpc) is 2.75. The van der Waals surface area contributed by atoms with E-state index in [1.807, 2.05) is 18.2 Å². The number of anilines is 1. The summed E-state index contributed by atoms with van der Waals surface area (Å²) >= 11 is 0. The Morgan fingerprint density at radius 1 is 1.30 bits per heavy atom. The molecule has 1 amide bonds. The second kappa shape index (κ2) is 4.78. The fourth-order valence-electron chi connectivity index (χ4n) is 2.67. The maximum absolute atomic E-state index is 12.4. The van der Waals surface area contributed by atoms with Crippen molar-refractivity contribution in [2.75, 3.05) is 18.0 Å². The lowest BCUT2D eigenvalue weighted by Crippen LogP contribution is -2.28. The minimum atomic E-state index is -0.0429. The number of rotatable bonds is 4. The summed E-state index contributed by atoms with van der Waals surface area (Å²) in [5, 5.41) is 1.81. The van der Waals surface area contributed by atoms with Gasteiger partial charge in [0.15, 0.2) is 0 Å². The predicted octanol–water partition coefficient (Wildman–Crippen LogP) is 2.92. The van der Waals surface area contributed by atoms with E-state index in [0.717, 1.165) is 22.7 Å². The van der Waals surface area contributed by atoms with E-state index in [0.29, 0.717) is 30.6 Å². The number of aldehydes is 1. The minimum Gasteiger partial charge on any atom is -0.317 e. The van der Waals surface area contributed by atoms with Gasteiger partial charge in [-0.2, -0.15) is 0 Å². The maximum atomic E-state index is 12.4. The Labute approximate surface area is 116 Å². The van der Waals surface area contributed by atoms with E-state index in [1.165, 1.54) is 0 Å². The molecule has 0 spiro atoms. The van der Waals surface area contributed by atoms with E-state index in [-0.39, 0.29) is 5.91 Å². The largest absolute Gasteiger partial charge is 0.317 e. The molecule has 0 aromatic heterocycles. The van der Waals surface area contributed by atoms with Crippen molar-refractivity contribution >= 4 is 28.7 Å². The molecule has 1 aliphatic heterocycles. The first kappa shape index (κ1) is 12.4. The highest BCUT2D eigenvalue weighted by Gasteiger charge is 2.29. The summed E-state index contributed by atoms with van der Waals surface area (Å²) in [5.41, 5.74) is 2.03. The van der Waals surface area contributed by atoms with Crippen LogP contribution in [0.15, 0.2) is 30.3 Å². The molecule has 0 saturated carbocycles. The van der Waals surface area contributed by atoms with Crippen LogP contribution >= 0.6 is 0 Å². The zero-order valence-electron chi connectivity index (χ0n) is 10.8. The van der Waals surface area contributed by atoms with Gasteiger partial charge in [-0.05, 0) is 23.6 Å². The van der Waals surface area contributed by atoms with Gasteiger partial charge in [0, 0.05) is 29.5 Å². The Morgan fingerprint density at radius 3 is 2.90 bits per heavy atom. The molecule has 20 heavy (non-hydrogen) atoms. The fraction of sp³-hybridized carbons (Fsp3) is 0.188. The molecule has 4 nitrogen and oxygen atoms in total. The van der Waals surface area contributed by atoms with Gasteiger partial charge in [0.1, 0.15) is 6.29 Å². The van der Waals surface area contributed by atoms with Crippen molar-refractivity contribution in [3.05, 3.63) is 52.9 Å². The summed E-state index contributed by atoms with van der Waals surface area (Å²) in [7, 11) is 0. The molecule has 98 valence electrons. The second-order valence-corrected chi connectivity index (χ2v) is 4.75. The third-order valence-corrected chi connectivity index (χ3v) is 3.53. The SMILES string of the molecule is [C-]#[N+]CCCN1C(=O)c2cccc3cc(C=O)cc1c23. The molecule has 2 aromatic carbocycles. The van der Waals surface area contributed by atoms with Crippen LogP contribution in [-0.4, -0.2) is 25.3 Å². The van der Waals surface area contributed by atoms with Crippen LogP contribution in [0.4, 0.5) is 5.69 Å². The summed E-state index contributed by atoms with van der Waals surface area (Å²) in [6.07, 6.45) is 1.43. The van der Waals surface area contributed by atoms with Crippen molar-refractivity contribution in [2.24, 2.45) is 0 Å². The summed E-state index contributed by atoms with van der Waals surface area (Å²) in [6.45, 7) is 7.72. The van der Waals surface area contributed by atoms with E-state index in [9.17, 15) is 9.59 Å². The third kappa shape index (κ3) is 1.76. The standard InChI is InChI=1S/C16H12N2O2/c1-17-6-3-7-18-14-9-11(10-19)8-12-4-2-5-13(15(12)14)16(18)20/h2,4-5,8-10H,3,6-7H2. The number of carbonyl (C=O) groups is 2. The highest BCUT2D eigenvalue weighted by atomic mass is 16.2. The molecule has 4 heteroatoms. The zero-order chi connectivity index (χ0) is 14.1. The second-order valence-electron chi connectivity index (χ2n) is 4.75. The Kier molecular flexibility index (Phi) is 2.96. The number of hydrogen-bond donors (Lipinski definition) is 0. The van der Waals surface area contributed by atoms with Crippen LogP contribution in [0.1, 0.15) is 27.1 Å². The molecule has 3 rings (SSSR count). The first-order chi connectivity index (χ1) is 9.76. The van der Waals surface area contributed by atoms with Crippen molar-refractivity contribution in [3.8, 4) is 0 Å². The van der Waals surface area contributed by atoms with Gasteiger partial charge in [-0.15, -0.1) is 0 Å². The van der Waals surface area contributed by atoms with E-state index in [4.69, 9.17) is 6.57 Å². The van der Waals surface area contributed by atoms with Crippen LogP contribution in [0.5, 0.6) is 0 Å². The lowest BCUT2D eigenvalue weighted by Gasteiger charge is -2.16. The summed E-state index contributed by atoms with van der Waals surface area (Å²) in [6, 6.07) is 9.10. The molecular weight excluding hydrogens is 252 g/mol. The number of amides is 1. The summed E-state index contributed by atoms with van der Waals surface area (Å²) in [5.74, 6) is -0.0429. The molecule has 0 bridgehead atoms. The van der Waals surface area contributed by atoms with Crippen LogP contribution in [0.25, 0.3) is 15.6 Å². The maximum Gasteiger partial charge on any atom is 0.259 e. The highest BCUT2D eigenvalue weighted by molar-refractivity contribution is 6.25. The van der Waals surface area contributed by atoms with Crippen LogP contribution < -0.4 is 4.90 Å². The first-order valence-corrected chi connectivity index (χ1v) is 6.43. The lowest BCUT2D eigenvalue weighted by molar-refractivity contribution is 0.0992. The van der Waals surface area contributed by atoms with E-state index >= 15 is 0 Å².